The Kier molecular flexibility index (Phi) is 11.4. The van der Waals surface area contributed by atoms with Crippen LogP contribution in [-0.4, -0.2) is 51.4 Å². The Balaban J connectivity index is 1.83. The van der Waals surface area contributed by atoms with Crippen molar-refractivity contribution in [2.24, 2.45) is 5.92 Å². The van der Waals surface area contributed by atoms with Gasteiger partial charge in [-0.25, -0.2) is 8.42 Å². The van der Waals surface area contributed by atoms with E-state index in [1.54, 1.807) is 42.5 Å². The zero-order chi connectivity index (χ0) is 32.4. The van der Waals surface area contributed by atoms with Crippen molar-refractivity contribution in [2.75, 3.05) is 24.5 Å². The first-order valence-corrected chi connectivity index (χ1v) is 16.4. The predicted molar refractivity (Wildman–Crippen MR) is 177 cm³/mol. The molecule has 0 unspecified atom stereocenters. The van der Waals surface area contributed by atoms with Crippen molar-refractivity contribution >= 4 is 27.5 Å². The van der Waals surface area contributed by atoms with Gasteiger partial charge in [0.2, 0.25) is 11.8 Å². The van der Waals surface area contributed by atoms with E-state index in [4.69, 9.17) is 4.74 Å². The average Bonchev–Trinajstić information content (AvgIpc) is 3.05. The number of anilines is 1. The fourth-order valence-corrected chi connectivity index (χ4v) is 6.46. The molecule has 8 nitrogen and oxygen atoms in total. The van der Waals surface area contributed by atoms with Gasteiger partial charge in [0.25, 0.3) is 10.0 Å². The molecule has 45 heavy (non-hydrogen) atoms. The van der Waals surface area contributed by atoms with Crippen LogP contribution in [0.1, 0.15) is 30.5 Å². The van der Waals surface area contributed by atoms with Crippen LogP contribution in [0.5, 0.6) is 5.75 Å². The van der Waals surface area contributed by atoms with E-state index in [0.717, 1.165) is 21.0 Å². The number of methoxy groups -OCH3 is 1. The molecule has 0 saturated heterocycles. The maximum absolute atomic E-state index is 14.6. The first kappa shape index (κ1) is 33.3. The van der Waals surface area contributed by atoms with Crippen molar-refractivity contribution in [3.05, 3.63) is 126 Å². The van der Waals surface area contributed by atoms with Crippen molar-refractivity contribution < 1.29 is 22.7 Å². The van der Waals surface area contributed by atoms with Gasteiger partial charge in [0, 0.05) is 19.5 Å². The number of hydrogen-bond acceptors (Lipinski definition) is 5. The minimum absolute atomic E-state index is 0.0321. The van der Waals surface area contributed by atoms with Crippen molar-refractivity contribution in [2.45, 2.75) is 44.7 Å². The summed E-state index contributed by atoms with van der Waals surface area (Å²) in [6.07, 6.45) is 0.252. The van der Waals surface area contributed by atoms with Crippen LogP contribution in [-0.2, 0) is 32.6 Å². The van der Waals surface area contributed by atoms with E-state index in [1.807, 2.05) is 75.4 Å². The molecule has 236 valence electrons. The molecular formula is C36H41N3O5S. The van der Waals surface area contributed by atoms with Gasteiger partial charge in [-0.1, -0.05) is 98.8 Å². The lowest BCUT2D eigenvalue weighted by Gasteiger charge is -2.34. The van der Waals surface area contributed by atoms with Crippen molar-refractivity contribution in [3.8, 4) is 5.75 Å². The first-order chi connectivity index (χ1) is 21.6. The molecule has 0 radical (unpaired) electrons. The molecule has 0 spiro atoms. The van der Waals surface area contributed by atoms with Crippen LogP contribution in [0.4, 0.5) is 5.69 Å². The number of carbonyl (C=O) groups excluding carboxylic acids is 2. The molecule has 0 aliphatic carbocycles. The highest BCUT2D eigenvalue weighted by molar-refractivity contribution is 7.92. The molecule has 0 saturated carbocycles. The minimum Gasteiger partial charge on any atom is -0.495 e. The normalized spacial score (nSPS) is 11.9. The quantitative estimate of drug-likeness (QED) is 0.196. The summed E-state index contributed by atoms with van der Waals surface area (Å²) in [7, 11) is -2.77. The van der Waals surface area contributed by atoms with Gasteiger partial charge >= 0.3 is 0 Å². The van der Waals surface area contributed by atoms with E-state index < -0.39 is 28.5 Å². The molecular weight excluding hydrogens is 586 g/mol. The Morgan fingerprint density at radius 3 is 2.07 bits per heavy atom. The zero-order valence-corrected chi connectivity index (χ0v) is 27.0. The molecule has 0 bridgehead atoms. The van der Waals surface area contributed by atoms with Gasteiger partial charge in [-0.05, 0) is 53.8 Å². The van der Waals surface area contributed by atoms with E-state index >= 15 is 0 Å². The fourth-order valence-electron chi connectivity index (χ4n) is 5.02. The molecule has 0 heterocycles. The lowest BCUT2D eigenvalue weighted by Crippen LogP contribution is -2.53. The Labute approximate surface area is 266 Å². The summed E-state index contributed by atoms with van der Waals surface area (Å²) in [5.41, 5.74) is 2.91. The summed E-state index contributed by atoms with van der Waals surface area (Å²) in [6, 6.07) is 30.9. The van der Waals surface area contributed by atoms with Crippen LogP contribution < -0.4 is 14.4 Å². The third kappa shape index (κ3) is 8.51. The molecule has 2 amide bonds. The van der Waals surface area contributed by atoms with Crippen LogP contribution in [0, 0.1) is 12.8 Å². The summed E-state index contributed by atoms with van der Waals surface area (Å²) in [4.78, 5) is 30.0. The number of ether oxygens (including phenoxy) is 1. The number of benzene rings is 4. The molecule has 0 aliphatic heterocycles. The maximum Gasteiger partial charge on any atom is 0.264 e. The third-order valence-corrected chi connectivity index (χ3v) is 9.30. The summed E-state index contributed by atoms with van der Waals surface area (Å²) in [6.45, 7) is 5.95. The molecule has 0 aromatic heterocycles. The second-order valence-corrected chi connectivity index (χ2v) is 13.2. The lowest BCUT2D eigenvalue weighted by atomic mass is 10.0. The van der Waals surface area contributed by atoms with Crippen molar-refractivity contribution in [1.82, 2.24) is 10.2 Å². The van der Waals surface area contributed by atoms with Gasteiger partial charge in [0.1, 0.15) is 18.3 Å². The number of rotatable bonds is 14. The van der Waals surface area contributed by atoms with E-state index in [9.17, 15) is 18.0 Å². The average molecular weight is 628 g/mol. The number of hydrogen-bond donors (Lipinski definition) is 1. The van der Waals surface area contributed by atoms with Crippen LogP contribution in [0.3, 0.4) is 0 Å². The molecule has 4 aromatic rings. The summed E-state index contributed by atoms with van der Waals surface area (Å²) in [5, 5.41) is 3.01. The predicted octanol–water partition coefficient (Wildman–Crippen LogP) is 5.61. The summed E-state index contributed by atoms with van der Waals surface area (Å²) in [5.74, 6) is -0.330. The van der Waals surface area contributed by atoms with E-state index in [1.165, 1.54) is 24.1 Å². The van der Waals surface area contributed by atoms with E-state index in [0.29, 0.717) is 12.3 Å². The fraction of sp³-hybridized carbons (Fsp3) is 0.278. The van der Waals surface area contributed by atoms with Crippen molar-refractivity contribution in [1.29, 1.82) is 0 Å². The molecule has 9 heteroatoms. The molecule has 1 N–H and O–H groups in total. The SMILES string of the molecule is COc1ccccc1N(CC(=O)N(Cc1ccccc1C)[C@H](Cc1ccccc1)C(=O)NCC(C)C)S(=O)(=O)c1ccccc1. The smallest absolute Gasteiger partial charge is 0.264 e. The lowest BCUT2D eigenvalue weighted by molar-refractivity contribution is -0.140. The highest BCUT2D eigenvalue weighted by Gasteiger charge is 2.35. The summed E-state index contributed by atoms with van der Waals surface area (Å²) >= 11 is 0. The second kappa shape index (κ2) is 15.4. The number of carbonyl (C=O) groups is 2. The number of amides is 2. The standard InChI is InChI=1S/C36H41N3O5S/c1-27(2)24-37-36(41)33(23-29-16-7-5-8-17-29)38(25-30-18-12-11-15-28(30)3)35(40)26-39(32-21-13-14-22-34(32)44-4)45(42,43)31-19-9-6-10-20-31/h5-22,27,33H,23-26H2,1-4H3,(H,37,41)/t33-/m1/s1. The number of sulfonamides is 1. The minimum atomic E-state index is -4.22. The number of aryl methyl sites for hydroxylation is 1. The van der Waals surface area contributed by atoms with Gasteiger partial charge in [-0.2, -0.15) is 0 Å². The van der Waals surface area contributed by atoms with Crippen molar-refractivity contribution in [3.63, 3.8) is 0 Å². The Morgan fingerprint density at radius 1 is 0.822 bits per heavy atom. The van der Waals surface area contributed by atoms with Crippen LogP contribution in [0.2, 0.25) is 0 Å². The number of nitrogens with one attached hydrogen (secondary N) is 1. The van der Waals surface area contributed by atoms with E-state index in [-0.39, 0.29) is 35.4 Å². The molecule has 0 aliphatic rings. The van der Waals surface area contributed by atoms with Gasteiger partial charge in [0.15, 0.2) is 0 Å². The first-order valence-electron chi connectivity index (χ1n) is 15.0. The van der Waals surface area contributed by atoms with E-state index in [2.05, 4.69) is 5.32 Å². The molecule has 4 rings (SSSR count). The van der Waals surface area contributed by atoms with Gasteiger partial charge < -0.3 is 15.0 Å². The van der Waals surface area contributed by atoms with Crippen LogP contribution >= 0.6 is 0 Å². The highest BCUT2D eigenvalue weighted by Crippen LogP contribution is 2.32. The maximum atomic E-state index is 14.6. The van der Waals surface area contributed by atoms with Crippen LogP contribution in [0.25, 0.3) is 0 Å². The highest BCUT2D eigenvalue weighted by atomic mass is 32.2. The second-order valence-electron chi connectivity index (χ2n) is 11.3. The monoisotopic (exact) mass is 627 g/mol. The third-order valence-electron chi connectivity index (χ3n) is 7.52. The molecule has 1 atom stereocenters. The van der Waals surface area contributed by atoms with Gasteiger partial charge in [-0.15, -0.1) is 0 Å². The number of nitrogens with zero attached hydrogens (tertiary/aromatic N) is 2. The topological polar surface area (TPSA) is 96.0 Å². The van der Waals surface area contributed by atoms with Crippen LogP contribution in [0.15, 0.2) is 114 Å². The van der Waals surface area contributed by atoms with Gasteiger partial charge in [0.05, 0.1) is 17.7 Å². The Hall–Kier alpha value is -4.63. The summed E-state index contributed by atoms with van der Waals surface area (Å²) < 4.78 is 34.9. The van der Waals surface area contributed by atoms with Gasteiger partial charge in [-0.3, -0.25) is 13.9 Å². The Bertz CT molecular complexity index is 1680. The zero-order valence-electron chi connectivity index (χ0n) is 26.2. The number of para-hydroxylation sites is 2. The molecule has 4 aromatic carbocycles. The molecule has 0 fully saturated rings. The Morgan fingerprint density at radius 2 is 1.42 bits per heavy atom. The largest absolute Gasteiger partial charge is 0.495 e.